The average molecular weight is 263 g/mol. The summed E-state index contributed by atoms with van der Waals surface area (Å²) in [6, 6.07) is 3.73. The molecule has 0 radical (unpaired) electrons. The summed E-state index contributed by atoms with van der Waals surface area (Å²) in [6.45, 7) is 2.20. The quantitative estimate of drug-likeness (QED) is 0.799. The van der Waals surface area contributed by atoms with E-state index >= 15 is 0 Å². The molecule has 19 heavy (non-hydrogen) atoms. The molecular formula is C14H21N3O2. The summed E-state index contributed by atoms with van der Waals surface area (Å²) in [5, 5.41) is 0. The van der Waals surface area contributed by atoms with Crippen LogP contribution >= 0.6 is 0 Å². The van der Waals surface area contributed by atoms with Gasteiger partial charge in [-0.3, -0.25) is 14.5 Å². The number of likely N-dealkylation sites (tertiary alicyclic amines) is 1. The van der Waals surface area contributed by atoms with Gasteiger partial charge in [-0.2, -0.15) is 0 Å². The van der Waals surface area contributed by atoms with Crippen LogP contribution in [-0.2, 0) is 11.8 Å². The maximum atomic E-state index is 12.1. The summed E-state index contributed by atoms with van der Waals surface area (Å²) in [5.41, 5.74) is 5.96. The standard InChI is InChI=1S/C14H21N3O2/c1-16-6-2-3-12(16)13(18)10-17-7-4-11(5-8-17)9-14(15)19/h2-3,6,11H,4-5,7-10H2,1H3,(H2,15,19). The highest BCUT2D eigenvalue weighted by Crippen LogP contribution is 2.20. The third-order valence-corrected chi connectivity index (χ3v) is 3.79. The predicted octanol–water partition coefficient (Wildman–Crippen LogP) is 0.795. The minimum absolute atomic E-state index is 0.154. The minimum atomic E-state index is -0.224. The van der Waals surface area contributed by atoms with Gasteiger partial charge in [0.1, 0.15) is 0 Å². The van der Waals surface area contributed by atoms with Gasteiger partial charge in [-0.1, -0.05) is 0 Å². The van der Waals surface area contributed by atoms with Crippen LogP contribution in [0.15, 0.2) is 18.3 Å². The first-order chi connectivity index (χ1) is 9.06. The van der Waals surface area contributed by atoms with Crippen molar-refractivity contribution >= 4 is 11.7 Å². The van der Waals surface area contributed by atoms with Gasteiger partial charge >= 0.3 is 0 Å². The zero-order valence-corrected chi connectivity index (χ0v) is 11.3. The van der Waals surface area contributed by atoms with Crippen LogP contribution in [0.5, 0.6) is 0 Å². The molecule has 0 atom stereocenters. The number of hydrogen-bond donors (Lipinski definition) is 1. The van der Waals surface area contributed by atoms with Crippen LogP contribution in [-0.4, -0.2) is 40.8 Å². The van der Waals surface area contributed by atoms with Crippen LogP contribution < -0.4 is 5.73 Å². The molecule has 1 aliphatic rings. The Bertz CT molecular complexity index is 459. The zero-order chi connectivity index (χ0) is 13.8. The number of carbonyl (C=O) groups is 2. The van der Waals surface area contributed by atoms with Gasteiger partial charge < -0.3 is 10.3 Å². The molecule has 2 N–H and O–H groups in total. The molecule has 0 aliphatic carbocycles. The van der Waals surface area contributed by atoms with Crippen molar-refractivity contribution in [2.75, 3.05) is 19.6 Å². The highest BCUT2D eigenvalue weighted by Gasteiger charge is 2.22. The van der Waals surface area contributed by atoms with Crippen molar-refractivity contribution in [3.05, 3.63) is 24.0 Å². The summed E-state index contributed by atoms with van der Waals surface area (Å²) in [6.07, 6.45) is 4.25. The molecular weight excluding hydrogens is 242 g/mol. The Morgan fingerprint density at radius 3 is 2.58 bits per heavy atom. The SMILES string of the molecule is Cn1cccc1C(=O)CN1CCC(CC(N)=O)CC1. The second-order valence-electron chi connectivity index (χ2n) is 5.32. The number of rotatable bonds is 5. The predicted molar refractivity (Wildman–Crippen MR) is 72.7 cm³/mol. The molecule has 0 bridgehead atoms. The Labute approximate surface area is 113 Å². The van der Waals surface area contributed by atoms with Crippen molar-refractivity contribution in [1.82, 2.24) is 9.47 Å². The summed E-state index contributed by atoms with van der Waals surface area (Å²) < 4.78 is 1.85. The maximum Gasteiger partial charge on any atom is 0.217 e. The third kappa shape index (κ3) is 3.67. The fraction of sp³-hybridized carbons (Fsp3) is 0.571. The van der Waals surface area contributed by atoms with Gasteiger partial charge in [0, 0.05) is 19.7 Å². The second kappa shape index (κ2) is 6.02. The van der Waals surface area contributed by atoms with E-state index < -0.39 is 0 Å². The fourth-order valence-corrected chi connectivity index (χ4v) is 2.67. The monoisotopic (exact) mass is 263 g/mol. The van der Waals surface area contributed by atoms with E-state index in [9.17, 15) is 9.59 Å². The zero-order valence-electron chi connectivity index (χ0n) is 11.3. The lowest BCUT2D eigenvalue weighted by Gasteiger charge is -2.30. The smallest absolute Gasteiger partial charge is 0.217 e. The molecule has 5 nitrogen and oxygen atoms in total. The molecule has 0 spiro atoms. The number of nitrogens with two attached hydrogens (primary N) is 1. The van der Waals surface area contributed by atoms with E-state index in [1.807, 2.05) is 29.9 Å². The summed E-state index contributed by atoms with van der Waals surface area (Å²) in [7, 11) is 1.88. The molecule has 2 rings (SSSR count). The van der Waals surface area contributed by atoms with Crippen molar-refractivity contribution in [3.63, 3.8) is 0 Å². The number of carbonyl (C=O) groups excluding carboxylic acids is 2. The molecule has 1 fully saturated rings. The second-order valence-corrected chi connectivity index (χ2v) is 5.32. The van der Waals surface area contributed by atoms with Crippen LogP contribution in [0.25, 0.3) is 0 Å². The van der Waals surface area contributed by atoms with Crippen molar-refractivity contribution < 1.29 is 9.59 Å². The number of primary amides is 1. The van der Waals surface area contributed by atoms with Gasteiger partial charge in [-0.15, -0.1) is 0 Å². The number of piperidine rings is 1. The summed E-state index contributed by atoms with van der Waals surface area (Å²) in [4.78, 5) is 25.1. The number of nitrogens with zero attached hydrogens (tertiary/aromatic N) is 2. The first-order valence-corrected chi connectivity index (χ1v) is 6.71. The maximum absolute atomic E-state index is 12.1. The normalized spacial score (nSPS) is 17.5. The van der Waals surface area contributed by atoms with Gasteiger partial charge in [-0.05, 0) is 44.0 Å². The number of aryl methyl sites for hydroxylation is 1. The first kappa shape index (κ1) is 13.8. The number of aromatic nitrogens is 1. The number of amides is 1. The minimum Gasteiger partial charge on any atom is -0.370 e. The lowest BCUT2D eigenvalue weighted by Crippen LogP contribution is -2.38. The van der Waals surface area contributed by atoms with Crippen LogP contribution in [0.4, 0.5) is 0 Å². The van der Waals surface area contributed by atoms with Gasteiger partial charge in [0.2, 0.25) is 5.91 Å². The van der Waals surface area contributed by atoms with Gasteiger partial charge in [0.05, 0.1) is 12.2 Å². The molecule has 0 unspecified atom stereocenters. The summed E-state index contributed by atoms with van der Waals surface area (Å²) in [5.74, 6) is 0.318. The molecule has 1 aliphatic heterocycles. The van der Waals surface area contributed by atoms with Crippen LogP contribution in [0.3, 0.4) is 0 Å². The average Bonchev–Trinajstić information content (AvgIpc) is 2.77. The van der Waals surface area contributed by atoms with E-state index in [-0.39, 0.29) is 11.7 Å². The van der Waals surface area contributed by atoms with Crippen LogP contribution in [0, 0.1) is 5.92 Å². The Hall–Kier alpha value is -1.62. The molecule has 2 heterocycles. The number of hydrogen-bond acceptors (Lipinski definition) is 3. The summed E-state index contributed by atoms with van der Waals surface area (Å²) >= 11 is 0. The van der Waals surface area contributed by atoms with E-state index in [0.717, 1.165) is 31.6 Å². The molecule has 5 heteroatoms. The molecule has 104 valence electrons. The Morgan fingerprint density at radius 2 is 2.05 bits per heavy atom. The van der Waals surface area contributed by atoms with Crippen molar-refractivity contribution in [2.24, 2.45) is 18.7 Å². The number of ketones is 1. The third-order valence-electron chi connectivity index (χ3n) is 3.79. The van der Waals surface area contributed by atoms with E-state index in [0.29, 0.717) is 18.9 Å². The molecule has 0 saturated carbocycles. The van der Waals surface area contributed by atoms with E-state index in [4.69, 9.17) is 5.73 Å². The lowest BCUT2D eigenvalue weighted by atomic mass is 9.93. The number of Topliss-reactive ketones (excluding diaryl/α,β-unsaturated/α-hetero) is 1. The van der Waals surface area contributed by atoms with Crippen LogP contribution in [0.2, 0.25) is 0 Å². The topological polar surface area (TPSA) is 68.3 Å². The highest BCUT2D eigenvalue weighted by atomic mass is 16.1. The Balaban J connectivity index is 1.81. The molecule has 1 aromatic heterocycles. The first-order valence-electron chi connectivity index (χ1n) is 6.71. The Morgan fingerprint density at radius 1 is 1.37 bits per heavy atom. The van der Waals surface area contributed by atoms with Crippen molar-refractivity contribution in [2.45, 2.75) is 19.3 Å². The fourth-order valence-electron chi connectivity index (χ4n) is 2.67. The molecule has 0 aromatic carbocycles. The molecule has 1 saturated heterocycles. The Kier molecular flexibility index (Phi) is 4.37. The molecule has 1 amide bonds. The van der Waals surface area contributed by atoms with Crippen LogP contribution in [0.1, 0.15) is 29.8 Å². The van der Waals surface area contributed by atoms with Gasteiger partial charge in [-0.25, -0.2) is 0 Å². The largest absolute Gasteiger partial charge is 0.370 e. The van der Waals surface area contributed by atoms with Crippen molar-refractivity contribution in [1.29, 1.82) is 0 Å². The van der Waals surface area contributed by atoms with Crippen molar-refractivity contribution in [3.8, 4) is 0 Å². The molecule has 1 aromatic rings. The highest BCUT2D eigenvalue weighted by molar-refractivity contribution is 5.96. The lowest BCUT2D eigenvalue weighted by molar-refractivity contribution is -0.119. The van der Waals surface area contributed by atoms with E-state index in [2.05, 4.69) is 4.90 Å². The van der Waals surface area contributed by atoms with Gasteiger partial charge in [0.25, 0.3) is 0 Å². The van der Waals surface area contributed by atoms with Gasteiger partial charge in [0.15, 0.2) is 5.78 Å². The van der Waals surface area contributed by atoms with E-state index in [1.54, 1.807) is 0 Å². The van der Waals surface area contributed by atoms with E-state index in [1.165, 1.54) is 0 Å².